The van der Waals surface area contributed by atoms with Crippen molar-refractivity contribution in [1.29, 1.82) is 0 Å². The van der Waals surface area contributed by atoms with Gasteiger partial charge >= 0.3 is 12.1 Å². The van der Waals surface area contributed by atoms with E-state index in [-0.39, 0.29) is 31.1 Å². The summed E-state index contributed by atoms with van der Waals surface area (Å²) in [6.45, 7) is -0.652. The molecule has 0 bridgehead atoms. The number of halogens is 5. The number of carboxylic acids is 1. The highest BCUT2D eigenvalue weighted by atomic mass is 32.2. The van der Waals surface area contributed by atoms with Gasteiger partial charge in [0.1, 0.15) is 11.6 Å². The molecule has 3 aromatic carbocycles. The number of alkyl halides is 3. The van der Waals surface area contributed by atoms with Crippen molar-refractivity contribution in [3.05, 3.63) is 72.3 Å². The lowest BCUT2D eigenvalue weighted by Crippen LogP contribution is -2.50. The zero-order valence-corrected chi connectivity index (χ0v) is 20.3. The molecule has 1 fully saturated rings. The van der Waals surface area contributed by atoms with E-state index >= 15 is 0 Å². The molecule has 37 heavy (non-hydrogen) atoms. The van der Waals surface area contributed by atoms with Gasteiger partial charge in [-0.2, -0.15) is 21.8 Å². The Balaban J connectivity index is 0.000000479. The maximum Gasteiger partial charge on any atom is 0.490 e. The van der Waals surface area contributed by atoms with Crippen LogP contribution in [0.15, 0.2) is 70.5 Å². The Kier molecular flexibility index (Phi) is 8.21. The number of carboxylic acid groups (broad SMARTS) is 1. The summed E-state index contributed by atoms with van der Waals surface area (Å²) in [6.07, 6.45) is -5.08. The number of hydrogen-bond donors (Lipinski definition) is 1. The van der Waals surface area contributed by atoms with Gasteiger partial charge in [-0.05, 0) is 35.0 Å². The first-order valence-electron chi connectivity index (χ1n) is 10.4. The van der Waals surface area contributed by atoms with Gasteiger partial charge in [0.05, 0.1) is 4.90 Å². The Bertz CT molecular complexity index is 1500. The minimum Gasteiger partial charge on any atom is -0.475 e. The summed E-state index contributed by atoms with van der Waals surface area (Å²) in [4.78, 5) is 7.99. The summed E-state index contributed by atoms with van der Waals surface area (Å²) in [5, 5.41) is 8.80. The van der Waals surface area contributed by atoms with Gasteiger partial charge < -0.3 is 5.11 Å². The molecule has 0 aromatic heterocycles. The van der Waals surface area contributed by atoms with Crippen LogP contribution in [0, 0.1) is 11.6 Å². The van der Waals surface area contributed by atoms with Crippen LogP contribution >= 0.6 is 0 Å². The number of hydrogen-bond acceptors (Lipinski definition) is 5. The normalized spacial score (nSPS) is 15.7. The Morgan fingerprint density at radius 2 is 1.19 bits per heavy atom. The first-order valence-corrected chi connectivity index (χ1v) is 13.3. The molecular weight excluding hydrogens is 547 g/mol. The minimum atomic E-state index is -5.08. The number of nitrogens with zero attached hydrogens (tertiary/aromatic N) is 2. The summed E-state index contributed by atoms with van der Waals surface area (Å²) < 4.78 is 113. The lowest BCUT2D eigenvalue weighted by atomic mass is 10.1. The van der Waals surface area contributed by atoms with Crippen LogP contribution in [0.25, 0.3) is 10.8 Å². The average molecular weight is 567 g/mol. The van der Waals surface area contributed by atoms with Gasteiger partial charge in [-0.25, -0.2) is 30.4 Å². The van der Waals surface area contributed by atoms with Crippen molar-refractivity contribution in [1.82, 2.24) is 8.61 Å². The minimum absolute atomic E-state index is 0.109. The van der Waals surface area contributed by atoms with E-state index in [2.05, 4.69) is 0 Å². The highest BCUT2D eigenvalue weighted by molar-refractivity contribution is 7.89. The van der Waals surface area contributed by atoms with Crippen molar-refractivity contribution in [2.75, 3.05) is 26.2 Å². The quantitative estimate of drug-likeness (QED) is 0.485. The molecule has 200 valence electrons. The smallest absolute Gasteiger partial charge is 0.475 e. The van der Waals surface area contributed by atoms with E-state index in [0.29, 0.717) is 0 Å². The molecule has 8 nitrogen and oxygen atoms in total. The molecule has 0 unspecified atom stereocenters. The largest absolute Gasteiger partial charge is 0.490 e. The van der Waals surface area contributed by atoms with Crippen LogP contribution in [0.4, 0.5) is 22.0 Å². The van der Waals surface area contributed by atoms with E-state index in [0.717, 1.165) is 33.3 Å². The molecule has 0 aliphatic carbocycles. The first-order chi connectivity index (χ1) is 17.2. The van der Waals surface area contributed by atoms with Gasteiger partial charge in [0.25, 0.3) is 0 Å². The summed E-state index contributed by atoms with van der Waals surface area (Å²) in [7, 11) is -8.26. The van der Waals surface area contributed by atoms with Crippen LogP contribution in [0.2, 0.25) is 0 Å². The Morgan fingerprint density at radius 1 is 0.730 bits per heavy atom. The second-order valence-electron chi connectivity index (χ2n) is 7.67. The molecule has 1 aliphatic heterocycles. The predicted molar refractivity (Wildman–Crippen MR) is 122 cm³/mol. The Morgan fingerprint density at radius 3 is 1.68 bits per heavy atom. The zero-order chi connectivity index (χ0) is 27.6. The van der Waals surface area contributed by atoms with Crippen molar-refractivity contribution in [2.24, 2.45) is 0 Å². The molecule has 1 saturated heterocycles. The maximum atomic E-state index is 14.0. The molecule has 0 amide bonds. The lowest BCUT2D eigenvalue weighted by molar-refractivity contribution is -0.192. The summed E-state index contributed by atoms with van der Waals surface area (Å²) in [6, 6.07) is 15.0. The molecule has 0 radical (unpaired) electrons. The number of sulfonamides is 2. The van der Waals surface area contributed by atoms with Crippen LogP contribution in [-0.2, 0) is 24.8 Å². The van der Waals surface area contributed by atoms with Gasteiger partial charge in [-0.3, -0.25) is 0 Å². The average Bonchev–Trinajstić information content (AvgIpc) is 2.83. The second kappa shape index (κ2) is 10.7. The molecule has 1 aliphatic rings. The predicted octanol–water partition coefficient (Wildman–Crippen LogP) is 3.45. The first kappa shape index (κ1) is 28.4. The molecule has 3 aromatic rings. The van der Waals surface area contributed by atoms with E-state index < -0.39 is 48.7 Å². The van der Waals surface area contributed by atoms with Gasteiger partial charge in [-0.15, -0.1) is 0 Å². The van der Waals surface area contributed by atoms with E-state index in [1.807, 2.05) is 24.3 Å². The van der Waals surface area contributed by atoms with Crippen LogP contribution in [-0.4, -0.2) is 68.9 Å². The van der Waals surface area contributed by atoms with Crippen LogP contribution < -0.4 is 0 Å². The number of rotatable bonds is 4. The van der Waals surface area contributed by atoms with Crippen molar-refractivity contribution >= 4 is 36.8 Å². The monoisotopic (exact) mass is 566 g/mol. The molecular formula is C22H19F5N2O6S2. The number of piperazine rings is 1. The van der Waals surface area contributed by atoms with Crippen LogP contribution in [0.3, 0.4) is 0 Å². The van der Waals surface area contributed by atoms with E-state index in [4.69, 9.17) is 9.90 Å². The number of carbonyl (C=O) groups is 1. The highest BCUT2D eigenvalue weighted by Gasteiger charge is 2.38. The standard InChI is InChI=1S/C20H18F2N2O4S2.C2HF3O2/c21-18-6-3-7-19(22)20(18)30(27,28)24-12-10-23(11-13-24)29(25,26)17-9-8-15-4-1-2-5-16(15)14-17;3-2(4,5)1(6)7/h1-9,14H,10-13H2;(H,6,7). The van der Waals surface area contributed by atoms with Gasteiger partial charge in [0.15, 0.2) is 4.90 Å². The van der Waals surface area contributed by atoms with Crippen molar-refractivity contribution in [2.45, 2.75) is 16.0 Å². The van der Waals surface area contributed by atoms with Crippen molar-refractivity contribution in [3.8, 4) is 0 Å². The Labute approximate surface area is 208 Å². The fourth-order valence-corrected chi connectivity index (χ4v) is 6.47. The molecule has 15 heteroatoms. The molecule has 1 N–H and O–H groups in total. The van der Waals surface area contributed by atoms with Gasteiger partial charge in [-0.1, -0.05) is 36.4 Å². The molecule has 4 rings (SSSR count). The fraction of sp³-hybridized carbons (Fsp3) is 0.227. The number of fused-ring (bicyclic) bond motifs is 1. The van der Waals surface area contributed by atoms with E-state index in [1.54, 1.807) is 12.1 Å². The number of aliphatic carboxylic acids is 1. The second-order valence-corrected chi connectivity index (χ2v) is 11.5. The molecule has 0 spiro atoms. The van der Waals surface area contributed by atoms with Crippen molar-refractivity contribution in [3.63, 3.8) is 0 Å². The fourth-order valence-electron chi connectivity index (χ4n) is 3.49. The van der Waals surface area contributed by atoms with Gasteiger partial charge in [0, 0.05) is 26.2 Å². The summed E-state index contributed by atoms with van der Waals surface area (Å²) in [5.74, 6) is -5.12. The zero-order valence-electron chi connectivity index (χ0n) is 18.7. The lowest BCUT2D eigenvalue weighted by Gasteiger charge is -2.33. The molecule has 1 heterocycles. The third-order valence-corrected chi connectivity index (χ3v) is 9.16. The summed E-state index contributed by atoms with van der Waals surface area (Å²) in [5.41, 5.74) is 0. The third kappa shape index (κ3) is 6.23. The van der Waals surface area contributed by atoms with Crippen molar-refractivity contribution < 1.29 is 48.7 Å². The summed E-state index contributed by atoms with van der Waals surface area (Å²) >= 11 is 0. The van der Waals surface area contributed by atoms with E-state index in [9.17, 15) is 38.8 Å². The Hall–Kier alpha value is -3.14. The van der Waals surface area contributed by atoms with Crippen LogP contribution in [0.1, 0.15) is 0 Å². The SMILES string of the molecule is O=C(O)C(F)(F)F.O=S(=O)(c1ccc2ccccc2c1)N1CCN(S(=O)(=O)c2c(F)cccc2F)CC1. The number of benzene rings is 3. The topological polar surface area (TPSA) is 112 Å². The highest BCUT2D eigenvalue weighted by Crippen LogP contribution is 2.26. The van der Waals surface area contributed by atoms with Crippen LogP contribution in [0.5, 0.6) is 0 Å². The van der Waals surface area contributed by atoms with E-state index in [1.165, 1.54) is 10.4 Å². The van der Waals surface area contributed by atoms with Gasteiger partial charge in [0.2, 0.25) is 20.0 Å². The maximum absolute atomic E-state index is 14.0. The molecule has 0 saturated carbocycles. The third-order valence-electron chi connectivity index (χ3n) is 5.32. The molecule has 0 atom stereocenters.